The fourth-order valence-electron chi connectivity index (χ4n) is 1.94. The van der Waals surface area contributed by atoms with E-state index in [1.54, 1.807) is 0 Å². The predicted molar refractivity (Wildman–Crippen MR) is 65.2 cm³/mol. The molecule has 0 radical (unpaired) electrons. The van der Waals surface area contributed by atoms with Crippen molar-refractivity contribution in [2.75, 3.05) is 5.33 Å². The summed E-state index contributed by atoms with van der Waals surface area (Å²) in [5.74, 6) is 0. The van der Waals surface area contributed by atoms with Gasteiger partial charge in [-0.05, 0) is 24.5 Å². The van der Waals surface area contributed by atoms with Crippen LogP contribution in [0.4, 0.5) is 0 Å². The summed E-state index contributed by atoms with van der Waals surface area (Å²) in [6, 6.07) is 8.53. The molecule has 2 aromatic rings. The summed E-state index contributed by atoms with van der Waals surface area (Å²) in [5.41, 5.74) is 4.12. The van der Waals surface area contributed by atoms with Crippen LogP contribution in [0.2, 0.25) is 0 Å². The number of alkyl halides is 1. The number of para-hydroxylation sites is 1. The summed E-state index contributed by atoms with van der Waals surface area (Å²) in [6.45, 7) is 2.20. The van der Waals surface area contributed by atoms with Crippen LogP contribution in [0.1, 0.15) is 18.2 Å². The van der Waals surface area contributed by atoms with Gasteiger partial charge in [0.25, 0.3) is 0 Å². The van der Waals surface area contributed by atoms with Crippen molar-refractivity contribution in [3.63, 3.8) is 0 Å². The fraction of sp³-hybridized carbons (Fsp3) is 0.333. The Morgan fingerprint density at radius 2 is 2.07 bits per heavy atom. The van der Waals surface area contributed by atoms with Gasteiger partial charge < -0.3 is 4.98 Å². The lowest BCUT2D eigenvalue weighted by molar-refractivity contribution is 1.02. The van der Waals surface area contributed by atoms with Crippen LogP contribution in [0.3, 0.4) is 0 Å². The molecule has 1 nitrogen and oxygen atoms in total. The van der Waals surface area contributed by atoms with E-state index >= 15 is 0 Å². The second kappa shape index (κ2) is 4.18. The lowest BCUT2D eigenvalue weighted by Gasteiger charge is -1.98. The monoisotopic (exact) mass is 251 g/mol. The Labute approximate surface area is 92.6 Å². The molecule has 2 rings (SSSR count). The first-order valence-corrected chi connectivity index (χ1v) is 6.13. The zero-order valence-corrected chi connectivity index (χ0v) is 9.89. The van der Waals surface area contributed by atoms with Crippen molar-refractivity contribution < 1.29 is 0 Å². The number of hydrogen-bond donors (Lipinski definition) is 1. The van der Waals surface area contributed by atoms with Gasteiger partial charge in [-0.3, -0.25) is 0 Å². The Balaban J connectivity index is 2.61. The van der Waals surface area contributed by atoms with Gasteiger partial charge in [-0.25, -0.2) is 0 Å². The van der Waals surface area contributed by atoms with Crippen LogP contribution in [0.15, 0.2) is 24.3 Å². The van der Waals surface area contributed by atoms with Crippen molar-refractivity contribution in [3.05, 3.63) is 35.5 Å². The standard InChI is InChI=1S/C12H14BrN/c1-2-11-10(7-8-13)9-5-3-4-6-12(9)14-11/h3-6,14H,2,7-8H2,1H3. The molecule has 2 heteroatoms. The van der Waals surface area contributed by atoms with E-state index in [0.29, 0.717) is 0 Å². The molecular formula is C12H14BrN. The third kappa shape index (κ3) is 1.59. The molecule has 0 bridgehead atoms. The fourth-order valence-corrected chi connectivity index (χ4v) is 2.33. The maximum absolute atomic E-state index is 3.51. The zero-order chi connectivity index (χ0) is 9.97. The first kappa shape index (κ1) is 9.78. The maximum atomic E-state index is 3.51. The molecule has 0 amide bonds. The summed E-state index contributed by atoms with van der Waals surface area (Å²) in [5, 5.41) is 2.41. The molecule has 0 aliphatic carbocycles. The largest absolute Gasteiger partial charge is 0.358 e. The summed E-state index contributed by atoms with van der Waals surface area (Å²) in [4.78, 5) is 3.48. The van der Waals surface area contributed by atoms with Gasteiger partial charge in [0.2, 0.25) is 0 Å². The van der Waals surface area contributed by atoms with Gasteiger partial charge >= 0.3 is 0 Å². The van der Waals surface area contributed by atoms with Crippen molar-refractivity contribution in [2.45, 2.75) is 19.8 Å². The SMILES string of the molecule is CCc1[nH]c2ccccc2c1CCBr. The third-order valence-electron chi connectivity index (χ3n) is 2.60. The van der Waals surface area contributed by atoms with Gasteiger partial charge in [-0.15, -0.1) is 0 Å². The highest BCUT2D eigenvalue weighted by atomic mass is 79.9. The number of nitrogens with one attached hydrogen (secondary N) is 1. The first-order valence-electron chi connectivity index (χ1n) is 5.01. The van der Waals surface area contributed by atoms with Gasteiger partial charge in [0.15, 0.2) is 0 Å². The molecule has 0 saturated carbocycles. The van der Waals surface area contributed by atoms with Crippen molar-refractivity contribution >= 4 is 26.8 Å². The van der Waals surface area contributed by atoms with Gasteiger partial charge in [0.1, 0.15) is 0 Å². The summed E-state index contributed by atoms with van der Waals surface area (Å²) in [6.07, 6.45) is 2.18. The number of fused-ring (bicyclic) bond motifs is 1. The molecule has 0 fully saturated rings. The summed E-state index contributed by atoms with van der Waals surface area (Å²) in [7, 11) is 0. The average molecular weight is 252 g/mol. The summed E-state index contributed by atoms with van der Waals surface area (Å²) >= 11 is 3.51. The normalized spacial score (nSPS) is 11.0. The minimum absolute atomic E-state index is 1.03. The van der Waals surface area contributed by atoms with E-state index < -0.39 is 0 Å². The Bertz CT molecular complexity index is 431. The molecular weight excluding hydrogens is 238 g/mol. The van der Waals surface area contributed by atoms with Crippen LogP contribution in [-0.2, 0) is 12.8 Å². The van der Waals surface area contributed by atoms with Crippen LogP contribution in [0.5, 0.6) is 0 Å². The molecule has 74 valence electrons. The van der Waals surface area contributed by atoms with E-state index in [9.17, 15) is 0 Å². The van der Waals surface area contributed by atoms with Gasteiger partial charge in [0.05, 0.1) is 0 Å². The molecule has 0 unspecified atom stereocenters. The van der Waals surface area contributed by atoms with Crippen molar-refractivity contribution in [1.82, 2.24) is 4.98 Å². The maximum Gasteiger partial charge on any atom is 0.0458 e. The number of hydrogen-bond acceptors (Lipinski definition) is 0. The van der Waals surface area contributed by atoms with Crippen molar-refractivity contribution in [1.29, 1.82) is 0 Å². The number of aromatic amines is 1. The quantitative estimate of drug-likeness (QED) is 0.802. The molecule has 1 aromatic heterocycles. The van der Waals surface area contributed by atoms with E-state index in [4.69, 9.17) is 0 Å². The molecule has 0 aliphatic heterocycles. The molecule has 0 spiro atoms. The second-order valence-electron chi connectivity index (χ2n) is 3.42. The molecule has 1 heterocycles. The smallest absolute Gasteiger partial charge is 0.0458 e. The molecule has 0 atom stereocenters. The Hall–Kier alpha value is -0.760. The molecule has 1 aromatic carbocycles. The Morgan fingerprint density at radius 3 is 2.79 bits per heavy atom. The third-order valence-corrected chi connectivity index (χ3v) is 3.00. The molecule has 1 N–H and O–H groups in total. The van der Waals surface area contributed by atoms with Crippen molar-refractivity contribution in [2.24, 2.45) is 0 Å². The van der Waals surface area contributed by atoms with Crippen LogP contribution in [0.25, 0.3) is 10.9 Å². The van der Waals surface area contributed by atoms with E-state index in [2.05, 4.69) is 52.1 Å². The van der Waals surface area contributed by atoms with E-state index in [-0.39, 0.29) is 0 Å². The van der Waals surface area contributed by atoms with E-state index in [0.717, 1.165) is 18.2 Å². The number of H-pyrrole nitrogens is 1. The molecule has 0 saturated heterocycles. The van der Waals surface area contributed by atoms with Crippen LogP contribution in [-0.4, -0.2) is 10.3 Å². The van der Waals surface area contributed by atoms with E-state index in [1.165, 1.54) is 22.2 Å². The highest BCUT2D eigenvalue weighted by Crippen LogP contribution is 2.23. The van der Waals surface area contributed by atoms with Gasteiger partial charge in [-0.2, -0.15) is 0 Å². The van der Waals surface area contributed by atoms with Crippen molar-refractivity contribution in [3.8, 4) is 0 Å². The van der Waals surface area contributed by atoms with Crippen LogP contribution in [0, 0.1) is 0 Å². The predicted octanol–water partition coefficient (Wildman–Crippen LogP) is 3.67. The minimum atomic E-state index is 1.03. The lowest BCUT2D eigenvalue weighted by Crippen LogP contribution is -1.90. The van der Waals surface area contributed by atoms with Crippen LogP contribution >= 0.6 is 15.9 Å². The summed E-state index contributed by atoms with van der Waals surface area (Å²) < 4.78 is 0. The molecule has 0 aliphatic rings. The number of aryl methyl sites for hydroxylation is 2. The van der Waals surface area contributed by atoms with Gasteiger partial charge in [0, 0.05) is 21.9 Å². The lowest BCUT2D eigenvalue weighted by atomic mass is 10.1. The minimum Gasteiger partial charge on any atom is -0.358 e. The Kier molecular flexibility index (Phi) is 2.92. The second-order valence-corrected chi connectivity index (χ2v) is 4.21. The average Bonchev–Trinajstić information content (AvgIpc) is 2.58. The topological polar surface area (TPSA) is 15.8 Å². The zero-order valence-electron chi connectivity index (χ0n) is 8.31. The first-order chi connectivity index (χ1) is 6.86. The van der Waals surface area contributed by atoms with Crippen LogP contribution < -0.4 is 0 Å². The highest BCUT2D eigenvalue weighted by molar-refractivity contribution is 9.09. The number of aromatic nitrogens is 1. The highest BCUT2D eigenvalue weighted by Gasteiger charge is 2.07. The number of benzene rings is 1. The Morgan fingerprint density at radius 1 is 1.29 bits per heavy atom. The molecule has 14 heavy (non-hydrogen) atoms. The number of rotatable bonds is 3. The van der Waals surface area contributed by atoms with E-state index in [1.807, 2.05) is 0 Å². The van der Waals surface area contributed by atoms with Gasteiger partial charge in [-0.1, -0.05) is 41.1 Å². The number of halogens is 1.